The monoisotopic (exact) mass is 420 g/mol. The summed E-state index contributed by atoms with van der Waals surface area (Å²) in [5, 5.41) is 13.1. The number of thiazole rings is 1. The SMILES string of the molecule is CCNC(=NCC1CCN(Cc2csc(CC)n2)CC1)NCCNC(=O)C1CC1. The molecule has 2 aliphatic rings. The van der Waals surface area contributed by atoms with Gasteiger partial charge in [0.05, 0.1) is 10.7 Å². The summed E-state index contributed by atoms with van der Waals surface area (Å²) in [4.78, 5) is 23.7. The van der Waals surface area contributed by atoms with Gasteiger partial charge in [-0.05, 0) is 58.0 Å². The number of aromatic nitrogens is 1. The molecule has 1 saturated carbocycles. The van der Waals surface area contributed by atoms with Crippen molar-refractivity contribution in [3.8, 4) is 0 Å². The van der Waals surface area contributed by atoms with E-state index in [4.69, 9.17) is 9.98 Å². The highest BCUT2D eigenvalue weighted by molar-refractivity contribution is 7.09. The van der Waals surface area contributed by atoms with E-state index in [2.05, 4.69) is 40.1 Å². The standard InChI is InChI=1S/C21H36N6OS/c1-3-19-26-18(15-29-19)14-27-11-7-16(8-12-27)13-25-21(22-4-2)24-10-9-23-20(28)17-5-6-17/h15-17H,3-14H2,1-2H3,(H,23,28)(H2,22,24,25). The van der Waals surface area contributed by atoms with E-state index in [9.17, 15) is 4.79 Å². The Morgan fingerprint density at radius 3 is 2.59 bits per heavy atom. The number of hydrogen-bond donors (Lipinski definition) is 3. The summed E-state index contributed by atoms with van der Waals surface area (Å²) >= 11 is 1.78. The molecule has 3 N–H and O–H groups in total. The van der Waals surface area contributed by atoms with Crippen LogP contribution in [0.3, 0.4) is 0 Å². The number of hydrogen-bond acceptors (Lipinski definition) is 5. The van der Waals surface area contributed by atoms with Gasteiger partial charge in [0.1, 0.15) is 0 Å². The van der Waals surface area contributed by atoms with Crippen molar-refractivity contribution in [2.45, 2.75) is 52.5 Å². The molecule has 1 aliphatic carbocycles. The number of likely N-dealkylation sites (tertiary alicyclic amines) is 1. The van der Waals surface area contributed by atoms with Crippen LogP contribution < -0.4 is 16.0 Å². The normalized spacial score (nSPS) is 18.6. The van der Waals surface area contributed by atoms with Crippen LogP contribution in [0.2, 0.25) is 0 Å². The fourth-order valence-electron chi connectivity index (χ4n) is 3.56. The third-order valence-corrected chi connectivity index (χ3v) is 6.55. The fourth-order valence-corrected chi connectivity index (χ4v) is 4.29. The van der Waals surface area contributed by atoms with Crippen LogP contribution in [0.15, 0.2) is 10.4 Å². The van der Waals surface area contributed by atoms with Crippen molar-refractivity contribution in [2.24, 2.45) is 16.8 Å². The minimum Gasteiger partial charge on any atom is -0.357 e. The van der Waals surface area contributed by atoms with E-state index in [0.717, 1.165) is 57.9 Å². The largest absolute Gasteiger partial charge is 0.357 e. The van der Waals surface area contributed by atoms with Crippen molar-refractivity contribution < 1.29 is 4.79 Å². The Balaban J connectivity index is 1.34. The van der Waals surface area contributed by atoms with Gasteiger partial charge < -0.3 is 16.0 Å². The van der Waals surface area contributed by atoms with Crippen molar-refractivity contribution in [3.63, 3.8) is 0 Å². The second-order valence-electron chi connectivity index (χ2n) is 8.02. The zero-order valence-corrected chi connectivity index (χ0v) is 18.7. The highest BCUT2D eigenvalue weighted by atomic mass is 32.1. The van der Waals surface area contributed by atoms with E-state index in [1.807, 2.05) is 0 Å². The summed E-state index contributed by atoms with van der Waals surface area (Å²) in [6.07, 6.45) is 5.49. The van der Waals surface area contributed by atoms with Crippen LogP contribution in [-0.2, 0) is 17.8 Å². The molecule has 1 aromatic rings. The van der Waals surface area contributed by atoms with Crippen LogP contribution in [-0.4, -0.2) is 61.0 Å². The molecule has 0 aromatic carbocycles. The third kappa shape index (κ3) is 7.59. The zero-order valence-electron chi connectivity index (χ0n) is 17.9. The number of piperidine rings is 1. The van der Waals surface area contributed by atoms with Gasteiger partial charge in [0, 0.05) is 44.0 Å². The highest BCUT2D eigenvalue weighted by Crippen LogP contribution is 2.28. The molecule has 7 nitrogen and oxygen atoms in total. The average Bonchev–Trinajstić information content (AvgIpc) is 3.50. The van der Waals surface area contributed by atoms with Gasteiger partial charge in [-0.1, -0.05) is 6.92 Å². The Morgan fingerprint density at radius 2 is 1.93 bits per heavy atom. The van der Waals surface area contributed by atoms with Gasteiger partial charge >= 0.3 is 0 Å². The topological polar surface area (TPSA) is 81.7 Å². The predicted octanol–water partition coefficient (Wildman–Crippen LogP) is 2.00. The third-order valence-electron chi connectivity index (χ3n) is 5.51. The van der Waals surface area contributed by atoms with E-state index in [-0.39, 0.29) is 11.8 Å². The maximum Gasteiger partial charge on any atom is 0.223 e. The summed E-state index contributed by atoms with van der Waals surface area (Å²) in [5.41, 5.74) is 1.22. The molecule has 162 valence electrons. The number of aryl methyl sites for hydroxylation is 1. The maximum atomic E-state index is 11.7. The zero-order chi connectivity index (χ0) is 20.5. The molecule has 0 unspecified atom stereocenters. The predicted molar refractivity (Wildman–Crippen MR) is 119 cm³/mol. The first-order valence-electron chi connectivity index (χ1n) is 11.1. The minimum absolute atomic E-state index is 0.198. The number of guanidine groups is 1. The summed E-state index contributed by atoms with van der Waals surface area (Å²) < 4.78 is 0. The van der Waals surface area contributed by atoms with Crippen LogP contribution in [0, 0.1) is 11.8 Å². The van der Waals surface area contributed by atoms with E-state index in [1.165, 1.54) is 23.5 Å². The molecule has 1 saturated heterocycles. The number of carbonyl (C=O) groups excluding carboxylic acids is 1. The van der Waals surface area contributed by atoms with Crippen molar-refractivity contribution >= 4 is 23.2 Å². The summed E-state index contributed by atoms with van der Waals surface area (Å²) in [5.74, 6) is 1.96. The van der Waals surface area contributed by atoms with E-state index < -0.39 is 0 Å². The molecule has 0 radical (unpaired) electrons. The lowest BCUT2D eigenvalue weighted by atomic mass is 9.97. The van der Waals surface area contributed by atoms with Crippen molar-refractivity contribution in [3.05, 3.63) is 16.1 Å². The number of aliphatic imine (C=N–C) groups is 1. The molecule has 8 heteroatoms. The Hall–Kier alpha value is -1.67. The Labute approximate surface area is 178 Å². The second kappa shape index (κ2) is 11.5. The van der Waals surface area contributed by atoms with E-state index in [1.54, 1.807) is 11.3 Å². The molecule has 3 rings (SSSR count). The van der Waals surface area contributed by atoms with Crippen LogP contribution >= 0.6 is 11.3 Å². The van der Waals surface area contributed by atoms with Gasteiger partial charge in [0.15, 0.2) is 5.96 Å². The fraction of sp³-hybridized carbons (Fsp3) is 0.762. The number of rotatable bonds is 10. The molecule has 0 spiro atoms. The van der Waals surface area contributed by atoms with Crippen molar-refractivity contribution in [1.29, 1.82) is 0 Å². The van der Waals surface area contributed by atoms with E-state index >= 15 is 0 Å². The average molecular weight is 421 g/mol. The van der Waals surface area contributed by atoms with Gasteiger partial charge in [-0.25, -0.2) is 4.98 Å². The second-order valence-corrected chi connectivity index (χ2v) is 8.96. The summed E-state index contributed by atoms with van der Waals surface area (Å²) in [6.45, 7) is 10.5. The molecule has 29 heavy (non-hydrogen) atoms. The van der Waals surface area contributed by atoms with Gasteiger partial charge in [-0.15, -0.1) is 11.3 Å². The first-order chi connectivity index (χ1) is 14.2. The summed E-state index contributed by atoms with van der Waals surface area (Å²) in [7, 11) is 0. The molecular formula is C21H36N6OS. The molecule has 2 fully saturated rings. The number of carbonyl (C=O) groups is 1. The first kappa shape index (κ1) is 22.0. The van der Waals surface area contributed by atoms with Gasteiger partial charge in [0.2, 0.25) is 5.91 Å². The molecule has 2 heterocycles. The van der Waals surface area contributed by atoms with Crippen LogP contribution in [0.1, 0.15) is 50.2 Å². The Kier molecular flexibility index (Phi) is 8.73. The minimum atomic E-state index is 0.198. The molecule has 1 amide bonds. The quantitative estimate of drug-likeness (QED) is 0.306. The first-order valence-corrected chi connectivity index (χ1v) is 12.0. The number of amides is 1. The van der Waals surface area contributed by atoms with Crippen LogP contribution in [0.25, 0.3) is 0 Å². The van der Waals surface area contributed by atoms with Gasteiger partial charge in [0.25, 0.3) is 0 Å². The maximum absolute atomic E-state index is 11.7. The van der Waals surface area contributed by atoms with Gasteiger partial charge in [-0.2, -0.15) is 0 Å². The van der Waals surface area contributed by atoms with Gasteiger partial charge in [-0.3, -0.25) is 14.7 Å². The lowest BCUT2D eigenvalue weighted by molar-refractivity contribution is -0.122. The van der Waals surface area contributed by atoms with E-state index in [0.29, 0.717) is 19.0 Å². The summed E-state index contributed by atoms with van der Waals surface area (Å²) in [6, 6.07) is 0. The van der Waals surface area contributed by atoms with Crippen LogP contribution in [0.4, 0.5) is 0 Å². The Morgan fingerprint density at radius 1 is 1.17 bits per heavy atom. The van der Waals surface area contributed by atoms with Crippen molar-refractivity contribution in [1.82, 2.24) is 25.8 Å². The highest BCUT2D eigenvalue weighted by Gasteiger charge is 2.29. The number of nitrogens with zero attached hydrogens (tertiary/aromatic N) is 3. The smallest absolute Gasteiger partial charge is 0.223 e. The Bertz CT molecular complexity index is 664. The lowest BCUT2D eigenvalue weighted by Crippen LogP contribution is -2.42. The van der Waals surface area contributed by atoms with Crippen LogP contribution in [0.5, 0.6) is 0 Å². The molecule has 1 aromatic heterocycles. The lowest BCUT2D eigenvalue weighted by Gasteiger charge is -2.30. The number of nitrogens with one attached hydrogen (secondary N) is 3. The molecular weight excluding hydrogens is 384 g/mol. The molecule has 0 atom stereocenters. The van der Waals surface area contributed by atoms with Crippen molar-refractivity contribution in [2.75, 3.05) is 39.3 Å². The molecule has 1 aliphatic heterocycles. The molecule has 0 bridgehead atoms.